The van der Waals surface area contributed by atoms with Crippen molar-refractivity contribution < 1.29 is 9.53 Å². The van der Waals surface area contributed by atoms with Crippen molar-refractivity contribution in [3.8, 4) is 17.3 Å². The van der Waals surface area contributed by atoms with E-state index in [0.29, 0.717) is 29.6 Å². The quantitative estimate of drug-likeness (QED) is 0.259. The lowest BCUT2D eigenvalue weighted by molar-refractivity contribution is 0.194. The summed E-state index contributed by atoms with van der Waals surface area (Å²) in [5, 5.41) is 8.63. The van der Waals surface area contributed by atoms with Crippen LogP contribution in [0.15, 0.2) is 97.2 Å². The van der Waals surface area contributed by atoms with Crippen molar-refractivity contribution in [3.05, 3.63) is 125 Å². The monoisotopic (exact) mass is 537 g/mol. The molecule has 7 nitrogen and oxygen atoms in total. The van der Waals surface area contributed by atoms with Crippen LogP contribution in [0.3, 0.4) is 0 Å². The van der Waals surface area contributed by atoms with Gasteiger partial charge in [-0.25, -0.2) is 9.48 Å². The van der Waals surface area contributed by atoms with Crippen molar-refractivity contribution in [1.29, 1.82) is 0 Å². The molecule has 6 rings (SSSR count). The van der Waals surface area contributed by atoms with Crippen LogP contribution >= 0.6 is 11.6 Å². The number of carbonyl (C=O) groups is 1. The third-order valence-electron chi connectivity index (χ3n) is 6.94. The van der Waals surface area contributed by atoms with Crippen molar-refractivity contribution in [1.82, 2.24) is 19.2 Å². The fourth-order valence-corrected chi connectivity index (χ4v) is 5.41. The molecular weight excluding hydrogens is 510 g/mol. The minimum atomic E-state index is -0.408. The number of nitrogens with zero attached hydrogens (tertiary/aromatic N) is 4. The lowest BCUT2D eigenvalue weighted by Crippen LogP contribution is -2.38. The van der Waals surface area contributed by atoms with E-state index < -0.39 is 6.04 Å². The van der Waals surface area contributed by atoms with Gasteiger partial charge in [0.05, 0.1) is 42.0 Å². The lowest BCUT2D eigenvalue weighted by atomic mass is 10.0. The SMILES string of the molecule is CCOc1ccccc1NC(=O)N1Cc2c(C)nn(-c3ccccc3)c2-n2cccc2[C@@H]1c1cccc(Cl)c1. The Morgan fingerprint density at radius 3 is 2.62 bits per heavy atom. The molecule has 1 atom stereocenters. The first-order valence-corrected chi connectivity index (χ1v) is 13.3. The number of hydrogen-bond donors (Lipinski definition) is 1. The molecule has 5 aromatic rings. The maximum atomic E-state index is 14.2. The molecule has 0 unspecified atom stereocenters. The largest absolute Gasteiger partial charge is 0.492 e. The van der Waals surface area contributed by atoms with Crippen LogP contribution in [0.2, 0.25) is 5.02 Å². The van der Waals surface area contributed by atoms with Crippen molar-refractivity contribution in [2.75, 3.05) is 11.9 Å². The lowest BCUT2D eigenvalue weighted by Gasteiger charge is -2.31. The third kappa shape index (κ3) is 4.55. The highest BCUT2D eigenvalue weighted by Gasteiger charge is 2.36. The van der Waals surface area contributed by atoms with Crippen LogP contribution in [0.5, 0.6) is 5.75 Å². The van der Waals surface area contributed by atoms with Gasteiger partial charge in [-0.2, -0.15) is 5.10 Å². The molecule has 1 aliphatic heterocycles. The Kier molecular flexibility index (Phi) is 6.59. The van der Waals surface area contributed by atoms with Crippen LogP contribution in [0.25, 0.3) is 11.5 Å². The molecule has 0 saturated carbocycles. The van der Waals surface area contributed by atoms with E-state index in [4.69, 9.17) is 21.4 Å². The summed E-state index contributed by atoms with van der Waals surface area (Å²) in [4.78, 5) is 16.0. The molecular formula is C31H28ClN5O2. The van der Waals surface area contributed by atoms with Gasteiger partial charge >= 0.3 is 6.03 Å². The summed E-state index contributed by atoms with van der Waals surface area (Å²) >= 11 is 6.46. The number of aromatic nitrogens is 3. The van der Waals surface area contributed by atoms with Crippen LogP contribution in [-0.4, -0.2) is 31.9 Å². The minimum absolute atomic E-state index is 0.250. The van der Waals surface area contributed by atoms with Crippen LogP contribution in [0.1, 0.15) is 35.5 Å². The maximum Gasteiger partial charge on any atom is 0.323 e. The number of ether oxygens (including phenoxy) is 1. The summed E-state index contributed by atoms with van der Waals surface area (Å²) in [5.41, 5.74) is 5.23. The number of anilines is 1. The summed E-state index contributed by atoms with van der Waals surface area (Å²) in [6, 6.07) is 28.6. The molecule has 0 spiro atoms. The second kappa shape index (κ2) is 10.3. The first kappa shape index (κ1) is 24.8. The topological polar surface area (TPSA) is 64.3 Å². The molecule has 8 heteroatoms. The summed E-state index contributed by atoms with van der Waals surface area (Å²) < 4.78 is 9.87. The number of amides is 2. The minimum Gasteiger partial charge on any atom is -0.492 e. The Morgan fingerprint density at radius 1 is 1.03 bits per heavy atom. The first-order chi connectivity index (χ1) is 19.0. The van der Waals surface area contributed by atoms with E-state index in [9.17, 15) is 4.79 Å². The van der Waals surface area contributed by atoms with Crippen LogP contribution < -0.4 is 10.1 Å². The number of para-hydroxylation sites is 3. The van der Waals surface area contributed by atoms with Gasteiger partial charge in [-0.3, -0.25) is 0 Å². The molecule has 2 amide bonds. The van der Waals surface area contributed by atoms with Crippen molar-refractivity contribution in [3.63, 3.8) is 0 Å². The van der Waals surface area contributed by atoms with Crippen LogP contribution in [0, 0.1) is 6.92 Å². The van der Waals surface area contributed by atoms with Crippen molar-refractivity contribution in [2.45, 2.75) is 26.4 Å². The average Bonchev–Trinajstić information content (AvgIpc) is 3.50. The van der Waals surface area contributed by atoms with Gasteiger partial charge in [-0.15, -0.1) is 0 Å². The smallest absolute Gasteiger partial charge is 0.323 e. The van der Waals surface area contributed by atoms with Crippen LogP contribution in [-0.2, 0) is 6.54 Å². The zero-order valence-corrected chi connectivity index (χ0v) is 22.5. The molecule has 0 radical (unpaired) electrons. The molecule has 3 aromatic carbocycles. The normalized spacial score (nSPS) is 14.3. The number of aryl methyl sites for hydroxylation is 1. The van der Waals surface area contributed by atoms with Gasteiger partial charge in [-0.1, -0.05) is 54.1 Å². The Morgan fingerprint density at radius 2 is 1.82 bits per heavy atom. The Bertz CT molecular complexity index is 1640. The molecule has 2 aromatic heterocycles. The molecule has 0 aliphatic carbocycles. The zero-order chi connectivity index (χ0) is 26.9. The number of rotatable bonds is 5. The fraction of sp³-hybridized carbons (Fsp3) is 0.161. The van der Waals surface area contributed by atoms with E-state index in [1.54, 1.807) is 0 Å². The maximum absolute atomic E-state index is 14.2. The molecule has 1 aliphatic rings. The summed E-state index contributed by atoms with van der Waals surface area (Å²) in [7, 11) is 0. The molecule has 196 valence electrons. The van der Waals surface area contributed by atoms with Crippen LogP contribution in [0.4, 0.5) is 10.5 Å². The molecule has 0 saturated heterocycles. The van der Waals surface area contributed by atoms with E-state index in [1.807, 2.05) is 121 Å². The second-order valence-electron chi connectivity index (χ2n) is 9.38. The first-order valence-electron chi connectivity index (χ1n) is 12.9. The second-order valence-corrected chi connectivity index (χ2v) is 9.82. The number of benzene rings is 3. The van der Waals surface area contributed by atoms with E-state index in [1.165, 1.54) is 0 Å². The average molecular weight is 538 g/mol. The van der Waals surface area contributed by atoms with E-state index in [0.717, 1.165) is 34.0 Å². The summed E-state index contributed by atoms with van der Waals surface area (Å²) in [6.07, 6.45) is 2.03. The molecule has 1 N–H and O–H groups in total. The number of carbonyl (C=O) groups excluding carboxylic acids is 1. The van der Waals surface area contributed by atoms with Crippen molar-refractivity contribution in [2.24, 2.45) is 0 Å². The number of urea groups is 1. The highest BCUT2D eigenvalue weighted by Crippen LogP contribution is 2.39. The Balaban J connectivity index is 1.52. The molecule has 0 bridgehead atoms. The zero-order valence-electron chi connectivity index (χ0n) is 21.7. The standard InChI is InChI=1S/C31H28ClN5O2/c1-3-39-28-17-8-7-15-26(28)33-31(38)36-20-25-21(2)34-37(24-13-5-4-6-14-24)30(25)35-18-10-16-27(35)29(36)22-11-9-12-23(32)19-22/h4-19,29H,3,20H2,1-2H3,(H,33,38)/t29-/m0/s1. The van der Waals surface area contributed by atoms with Gasteiger partial charge in [-0.05, 0) is 67.9 Å². The predicted molar refractivity (Wildman–Crippen MR) is 153 cm³/mol. The van der Waals surface area contributed by atoms with Gasteiger partial charge in [0.15, 0.2) is 0 Å². The highest BCUT2D eigenvalue weighted by atomic mass is 35.5. The van der Waals surface area contributed by atoms with Gasteiger partial charge in [0.2, 0.25) is 0 Å². The van der Waals surface area contributed by atoms with Gasteiger partial charge in [0, 0.05) is 16.8 Å². The van der Waals surface area contributed by atoms with Crippen molar-refractivity contribution >= 4 is 23.3 Å². The number of halogens is 1. The highest BCUT2D eigenvalue weighted by molar-refractivity contribution is 6.30. The van der Waals surface area contributed by atoms with E-state index >= 15 is 0 Å². The summed E-state index contributed by atoms with van der Waals surface area (Å²) in [5.74, 6) is 1.54. The third-order valence-corrected chi connectivity index (χ3v) is 7.18. The number of hydrogen-bond acceptors (Lipinski definition) is 3. The summed E-state index contributed by atoms with van der Waals surface area (Å²) in [6.45, 7) is 4.75. The Hall–Kier alpha value is -4.49. The Labute approximate surface area is 232 Å². The number of nitrogens with one attached hydrogen (secondary N) is 1. The van der Waals surface area contributed by atoms with Gasteiger partial charge in [0.25, 0.3) is 0 Å². The van der Waals surface area contributed by atoms with Gasteiger partial charge < -0.3 is 19.5 Å². The predicted octanol–water partition coefficient (Wildman–Crippen LogP) is 7.16. The fourth-order valence-electron chi connectivity index (χ4n) is 5.21. The van der Waals surface area contributed by atoms with Gasteiger partial charge in [0.1, 0.15) is 11.6 Å². The number of fused-ring (bicyclic) bond motifs is 3. The molecule has 0 fully saturated rings. The van der Waals surface area contributed by atoms with E-state index in [2.05, 4.69) is 9.88 Å². The molecule has 3 heterocycles. The molecule has 39 heavy (non-hydrogen) atoms. The van der Waals surface area contributed by atoms with E-state index in [-0.39, 0.29) is 6.03 Å².